The fraction of sp³-hybridized carbons (Fsp3) is 0.800. The van der Waals surface area contributed by atoms with E-state index < -0.39 is 0 Å². The molecule has 2 unspecified atom stereocenters. The molecule has 1 heterocycles. The monoisotopic (exact) mass is 291 g/mol. The van der Waals surface area contributed by atoms with Crippen LogP contribution in [0.3, 0.4) is 0 Å². The van der Waals surface area contributed by atoms with Gasteiger partial charge in [-0.05, 0) is 25.3 Å². The Morgan fingerprint density at radius 3 is 2.48 bits per heavy atom. The van der Waals surface area contributed by atoms with Gasteiger partial charge >= 0.3 is 0 Å². The summed E-state index contributed by atoms with van der Waals surface area (Å²) in [5.74, 6) is 0.497. The van der Waals surface area contributed by atoms with Crippen molar-refractivity contribution in [2.75, 3.05) is 32.7 Å². The molecule has 21 heavy (non-hydrogen) atoms. The van der Waals surface area contributed by atoms with Crippen LogP contribution in [0.1, 0.15) is 32.6 Å². The maximum Gasteiger partial charge on any atom is 0.236 e. The van der Waals surface area contributed by atoms with Gasteiger partial charge in [0.1, 0.15) is 0 Å². The zero-order chi connectivity index (χ0) is 15.7. The number of amides is 1. The highest BCUT2D eigenvalue weighted by molar-refractivity contribution is 5.78. The van der Waals surface area contributed by atoms with E-state index in [-0.39, 0.29) is 11.9 Å². The summed E-state index contributed by atoms with van der Waals surface area (Å²) >= 11 is 0. The van der Waals surface area contributed by atoms with Crippen molar-refractivity contribution >= 4 is 5.91 Å². The minimum Gasteiger partial charge on any atom is -0.340 e. The van der Waals surface area contributed by atoms with Crippen molar-refractivity contribution in [3.05, 3.63) is 0 Å². The van der Waals surface area contributed by atoms with Crippen molar-refractivity contribution in [2.45, 2.75) is 38.6 Å². The average molecular weight is 291 g/mol. The third kappa shape index (κ3) is 5.34. The van der Waals surface area contributed by atoms with Gasteiger partial charge in [-0.3, -0.25) is 9.69 Å². The molecule has 0 bridgehead atoms. The second kappa shape index (κ2) is 9.33. The highest BCUT2D eigenvalue weighted by Gasteiger charge is 2.29. The molecule has 1 aliphatic heterocycles. The normalized spacial score (nSPS) is 22.3. The van der Waals surface area contributed by atoms with Gasteiger partial charge in [0, 0.05) is 25.7 Å². The van der Waals surface area contributed by atoms with Crippen molar-refractivity contribution in [2.24, 2.45) is 11.7 Å². The van der Waals surface area contributed by atoms with Crippen molar-refractivity contribution in [1.82, 2.24) is 9.80 Å². The molecule has 0 aromatic heterocycles. The second-order valence-electron chi connectivity index (χ2n) is 5.59. The second-order valence-corrected chi connectivity index (χ2v) is 5.59. The van der Waals surface area contributed by atoms with Crippen molar-refractivity contribution < 1.29 is 4.79 Å². The largest absolute Gasteiger partial charge is 0.340 e. The first-order valence-electron chi connectivity index (χ1n) is 7.59. The van der Waals surface area contributed by atoms with Crippen LogP contribution in [0.25, 0.3) is 0 Å². The molecule has 2 N–H and O–H groups in total. The number of rotatable bonds is 7. The van der Waals surface area contributed by atoms with E-state index in [1.165, 1.54) is 0 Å². The molecule has 1 amide bonds. The number of nitrogens with two attached hydrogens (primary N) is 1. The van der Waals surface area contributed by atoms with Gasteiger partial charge in [-0.25, -0.2) is 0 Å². The van der Waals surface area contributed by atoms with Crippen LogP contribution in [-0.2, 0) is 4.79 Å². The Bertz CT molecular complexity index is 393. The topological polar surface area (TPSA) is 97.1 Å². The van der Waals surface area contributed by atoms with Gasteiger partial charge in [-0.1, -0.05) is 6.92 Å². The highest BCUT2D eigenvalue weighted by atomic mass is 16.2. The molecule has 1 fully saturated rings. The molecule has 2 atom stereocenters. The number of nitriles is 2. The van der Waals surface area contributed by atoms with Crippen LogP contribution in [0.5, 0.6) is 0 Å². The summed E-state index contributed by atoms with van der Waals surface area (Å²) in [6, 6.07) is 4.35. The summed E-state index contributed by atoms with van der Waals surface area (Å²) in [5.41, 5.74) is 5.84. The summed E-state index contributed by atoms with van der Waals surface area (Å²) in [5, 5.41) is 17.4. The van der Waals surface area contributed by atoms with Crippen LogP contribution in [0.2, 0.25) is 0 Å². The lowest BCUT2D eigenvalue weighted by Crippen LogP contribution is -2.52. The van der Waals surface area contributed by atoms with Crippen LogP contribution < -0.4 is 5.73 Å². The van der Waals surface area contributed by atoms with E-state index in [4.69, 9.17) is 16.3 Å². The van der Waals surface area contributed by atoms with Crippen LogP contribution >= 0.6 is 0 Å². The molecule has 1 aliphatic rings. The van der Waals surface area contributed by atoms with E-state index >= 15 is 0 Å². The maximum absolute atomic E-state index is 12.4. The molecule has 0 spiro atoms. The number of carbonyl (C=O) groups is 1. The summed E-state index contributed by atoms with van der Waals surface area (Å²) in [4.78, 5) is 16.2. The van der Waals surface area contributed by atoms with Gasteiger partial charge in [-0.15, -0.1) is 0 Å². The predicted octanol–water partition coefficient (Wildman–Crippen LogP) is 0.702. The van der Waals surface area contributed by atoms with Gasteiger partial charge in [0.2, 0.25) is 5.91 Å². The smallest absolute Gasteiger partial charge is 0.236 e. The first-order chi connectivity index (χ1) is 10.1. The molecular formula is C15H25N5O. The fourth-order valence-electron chi connectivity index (χ4n) is 2.92. The molecular weight excluding hydrogens is 266 g/mol. The summed E-state index contributed by atoms with van der Waals surface area (Å²) in [6.07, 6.45) is 2.84. The summed E-state index contributed by atoms with van der Waals surface area (Å²) in [7, 11) is 0. The van der Waals surface area contributed by atoms with E-state index in [1.54, 1.807) is 4.90 Å². The molecule has 1 saturated heterocycles. The molecule has 0 aliphatic carbocycles. The van der Waals surface area contributed by atoms with E-state index in [2.05, 4.69) is 11.8 Å². The van der Waals surface area contributed by atoms with E-state index in [1.807, 2.05) is 12.1 Å². The Labute approximate surface area is 127 Å². The van der Waals surface area contributed by atoms with E-state index in [0.29, 0.717) is 44.9 Å². The molecule has 6 heteroatoms. The molecule has 0 radical (unpaired) electrons. The molecule has 0 aromatic rings. The van der Waals surface area contributed by atoms with Gasteiger partial charge in [0.15, 0.2) is 0 Å². The first-order valence-corrected chi connectivity index (χ1v) is 7.59. The number of nitrogens with zero attached hydrogens (tertiary/aromatic N) is 4. The number of hydrogen-bond donors (Lipinski definition) is 1. The minimum absolute atomic E-state index is 0.00644. The summed E-state index contributed by atoms with van der Waals surface area (Å²) < 4.78 is 0. The van der Waals surface area contributed by atoms with Gasteiger partial charge in [0.25, 0.3) is 0 Å². The Morgan fingerprint density at radius 2 is 1.95 bits per heavy atom. The van der Waals surface area contributed by atoms with Gasteiger partial charge < -0.3 is 10.6 Å². The lowest BCUT2D eigenvalue weighted by atomic mass is 9.91. The number of hydrogen-bond acceptors (Lipinski definition) is 5. The average Bonchev–Trinajstić information content (AvgIpc) is 2.47. The van der Waals surface area contributed by atoms with Gasteiger partial charge in [-0.2, -0.15) is 10.5 Å². The SMILES string of the molecule is CC1CCCN(CC(=O)N(CCC#N)CCC#N)C1CN. The Balaban J connectivity index is 2.62. The minimum atomic E-state index is -0.00644. The van der Waals surface area contributed by atoms with Crippen molar-refractivity contribution in [3.8, 4) is 12.1 Å². The lowest BCUT2D eigenvalue weighted by Gasteiger charge is -2.39. The quantitative estimate of drug-likeness (QED) is 0.744. The van der Waals surface area contributed by atoms with E-state index in [9.17, 15) is 4.79 Å². The Kier molecular flexibility index (Phi) is 7.74. The van der Waals surface area contributed by atoms with Crippen molar-refractivity contribution in [3.63, 3.8) is 0 Å². The molecule has 116 valence electrons. The summed E-state index contributed by atoms with van der Waals surface area (Å²) in [6.45, 7) is 4.76. The molecule has 1 rings (SSSR count). The fourth-order valence-corrected chi connectivity index (χ4v) is 2.92. The third-order valence-corrected chi connectivity index (χ3v) is 4.15. The Hall–Kier alpha value is -1.63. The zero-order valence-corrected chi connectivity index (χ0v) is 12.8. The third-order valence-electron chi connectivity index (χ3n) is 4.15. The number of carbonyl (C=O) groups excluding carboxylic acids is 1. The first kappa shape index (κ1) is 17.4. The van der Waals surface area contributed by atoms with Gasteiger partial charge in [0.05, 0.1) is 31.5 Å². The Morgan fingerprint density at radius 1 is 1.33 bits per heavy atom. The predicted molar refractivity (Wildman–Crippen MR) is 79.9 cm³/mol. The molecule has 0 saturated carbocycles. The van der Waals surface area contributed by atoms with E-state index in [0.717, 1.165) is 19.4 Å². The van der Waals surface area contributed by atoms with Crippen LogP contribution in [-0.4, -0.2) is 54.5 Å². The number of piperidine rings is 1. The zero-order valence-electron chi connectivity index (χ0n) is 12.8. The number of likely N-dealkylation sites (tertiary alicyclic amines) is 1. The lowest BCUT2D eigenvalue weighted by molar-refractivity contribution is -0.133. The standard InChI is InChI=1S/C15H25N5O/c1-13-5-2-8-20(14(13)11-18)12-15(21)19(9-3-6-16)10-4-7-17/h13-14H,2-5,8-12,18H2,1H3. The molecule has 6 nitrogen and oxygen atoms in total. The van der Waals surface area contributed by atoms with Crippen LogP contribution in [0.15, 0.2) is 0 Å². The molecule has 0 aromatic carbocycles. The van der Waals surface area contributed by atoms with Crippen LogP contribution in [0.4, 0.5) is 0 Å². The maximum atomic E-state index is 12.4. The van der Waals surface area contributed by atoms with Crippen molar-refractivity contribution in [1.29, 1.82) is 10.5 Å². The highest BCUT2D eigenvalue weighted by Crippen LogP contribution is 2.22. The van der Waals surface area contributed by atoms with Crippen LogP contribution in [0, 0.1) is 28.6 Å².